The van der Waals surface area contributed by atoms with Crippen molar-refractivity contribution in [1.29, 1.82) is 0 Å². The molecule has 2 heterocycles. The van der Waals surface area contributed by atoms with Gasteiger partial charge in [0.05, 0.1) is 22.2 Å². The molecular weight excluding hydrogens is 676 g/mol. The molecule has 254 valence electrons. The Hall–Kier alpha value is -6.67. The van der Waals surface area contributed by atoms with Crippen molar-refractivity contribution in [3.05, 3.63) is 200 Å². The summed E-state index contributed by atoms with van der Waals surface area (Å²) < 4.78 is 14.8. The van der Waals surface area contributed by atoms with Crippen LogP contribution in [0.5, 0.6) is 0 Å². The highest BCUT2D eigenvalue weighted by Gasteiger charge is 2.29. The largest absolute Gasteiger partial charge is 0.309 e. The van der Waals surface area contributed by atoms with E-state index in [2.05, 4.69) is 121 Å². The molecule has 0 aliphatic heterocycles. The maximum absolute atomic E-state index is 14.8. The van der Waals surface area contributed by atoms with Crippen LogP contribution in [-0.4, -0.2) is 9.97 Å². The summed E-state index contributed by atoms with van der Waals surface area (Å²) in [6, 6.07) is 68.5. The minimum absolute atomic E-state index is 0.824. The average molecular weight is 709 g/mol. The molecule has 54 heavy (non-hydrogen) atoms. The number of pyridine rings is 2. The second kappa shape index (κ2) is 13.1. The molecule has 0 unspecified atom stereocenters. The van der Waals surface area contributed by atoms with Gasteiger partial charge in [-0.2, -0.15) is 0 Å². The van der Waals surface area contributed by atoms with Gasteiger partial charge in [0.25, 0.3) is 0 Å². The van der Waals surface area contributed by atoms with Gasteiger partial charge in [0.2, 0.25) is 0 Å². The summed E-state index contributed by atoms with van der Waals surface area (Å²) in [4.78, 5) is 10.5. The summed E-state index contributed by atoms with van der Waals surface area (Å²) in [5, 5.41) is 8.07. The molecule has 2 aromatic heterocycles. The standard InChI is InChI=1S/C50H33N2OP/c53-54(41-14-6-2-7-15-41,42-16-8-3-9-17-42)43-28-24-34(25-29-43)37-20-21-39-33-40(23-22-38(39)32-37)46-31-27-36-26-30-45-48(35-12-4-1-5-13-35)44-18-10-11-19-47(44)52-50(45)49(36)51-46/h1-33H. The van der Waals surface area contributed by atoms with Crippen LogP contribution in [-0.2, 0) is 4.57 Å². The summed E-state index contributed by atoms with van der Waals surface area (Å²) in [6.45, 7) is 0. The topological polar surface area (TPSA) is 42.9 Å². The van der Waals surface area contributed by atoms with Crippen molar-refractivity contribution in [2.45, 2.75) is 0 Å². The van der Waals surface area contributed by atoms with E-state index in [0.29, 0.717) is 0 Å². The first-order valence-electron chi connectivity index (χ1n) is 18.2. The molecular formula is C50H33N2OP. The van der Waals surface area contributed by atoms with Crippen LogP contribution in [0.4, 0.5) is 0 Å². The second-order valence-electron chi connectivity index (χ2n) is 13.7. The molecule has 10 aromatic rings. The third kappa shape index (κ3) is 5.41. The maximum Gasteiger partial charge on any atom is 0.171 e. The lowest BCUT2D eigenvalue weighted by molar-refractivity contribution is 0.592. The van der Waals surface area contributed by atoms with Gasteiger partial charge >= 0.3 is 0 Å². The summed E-state index contributed by atoms with van der Waals surface area (Å²) >= 11 is 0. The van der Waals surface area contributed by atoms with Crippen LogP contribution in [0.2, 0.25) is 0 Å². The smallest absolute Gasteiger partial charge is 0.171 e. The number of aromatic nitrogens is 2. The first kappa shape index (κ1) is 32.0. The quantitative estimate of drug-likeness (QED) is 0.0981. The van der Waals surface area contributed by atoms with E-state index in [1.54, 1.807) is 0 Å². The molecule has 0 aliphatic rings. The predicted molar refractivity (Wildman–Crippen MR) is 228 cm³/mol. The molecule has 0 fully saturated rings. The monoisotopic (exact) mass is 708 g/mol. The van der Waals surface area contributed by atoms with Crippen LogP contribution >= 0.6 is 7.14 Å². The Morgan fingerprint density at radius 1 is 0.352 bits per heavy atom. The highest BCUT2D eigenvalue weighted by molar-refractivity contribution is 7.85. The highest BCUT2D eigenvalue weighted by Crippen LogP contribution is 2.43. The van der Waals surface area contributed by atoms with Crippen molar-refractivity contribution in [1.82, 2.24) is 9.97 Å². The fraction of sp³-hybridized carbons (Fsp3) is 0. The third-order valence-corrected chi connectivity index (χ3v) is 13.6. The Morgan fingerprint density at radius 2 is 0.889 bits per heavy atom. The minimum Gasteiger partial charge on any atom is -0.309 e. The lowest BCUT2D eigenvalue weighted by Gasteiger charge is -2.20. The van der Waals surface area contributed by atoms with Gasteiger partial charge < -0.3 is 4.57 Å². The molecule has 0 spiro atoms. The zero-order chi connectivity index (χ0) is 36.1. The Morgan fingerprint density at radius 3 is 1.59 bits per heavy atom. The van der Waals surface area contributed by atoms with Crippen molar-refractivity contribution in [2.75, 3.05) is 0 Å². The van der Waals surface area contributed by atoms with E-state index in [1.807, 2.05) is 78.9 Å². The van der Waals surface area contributed by atoms with E-state index in [4.69, 9.17) is 9.97 Å². The molecule has 0 atom stereocenters. The van der Waals surface area contributed by atoms with E-state index in [9.17, 15) is 4.57 Å². The van der Waals surface area contributed by atoms with Crippen LogP contribution in [0, 0.1) is 0 Å². The van der Waals surface area contributed by atoms with Crippen LogP contribution in [0.3, 0.4) is 0 Å². The molecule has 0 saturated carbocycles. The normalized spacial score (nSPS) is 11.8. The Bertz CT molecular complexity index is 3010. The maximum atomic E-state index is 14.8. The van der Waals surface area contributed by atoms with Gasteiger partial charge in [0.1, 0.15) is 0 Å². The van der Waals surface area contributed by atoms with Gasteiger partial charge in [0, 0.05) is 43.2 Å². The fourth-order valence-corrected chi connectivity index (χ4v) is 10.4. The Kier molecular flexibility index (Phi) is 7.75. The molecule has 4 heteroatoms. The summed E-state index contributed by atoms with van der Waals surface area (Å²) in [5.41, 5.74) is 9.27. The summed E-state index contributed by atoms with van der Waals surface area (Å²) in [7, 11) is -3.03. The molecule has 0 aliphatic carbocycles. The Labute approximate surface area is 313 Å². The number of benzene rings is 8. The number of hydrogen-bond donors (Lipinski definition) is 0. The molecule has 0 saturated heterocycles. The van der Waals surface area contributed by atoms with Crippen LogP contribution < -0.4 is 15.9 Å². The highest BCUT2D eigenvalue weighted by atomic mass is 31.2. The van der Waals surface area contributed by atoms with Crippen molar-refractivity contribution < 1.29 is 4.57 Å². The van der Waals surface area contributed by atoms with E-state index in [1.165, 1.54) is 11.1 Å². The molecule has 3 nitrogen and oxygen atoms in total. The van der Waals surface area contributed by atoms with Crippen molar-refractivity contribution >= 4 is 66.5 Å². The van der Waals surface area contributed by atoms with Gasteiger partial charge in [0.15, 0.2) is 7.14 Å². The van der Waals surface area contributed by atoms with Crippen LogP contribution in [0.1, 0.15) is 0 Å². The van der Waals surface area contributed by atoms with Gasteiger partial charge in [-0.3, -0.25) is 0 Å². The molecule has 0 N–H and O–H groups in total. The molecule has 0 amide bonds. The summed E-state index contributed by atoms with van der Waals surface area (Å²) in [5.74, 6) is 0. The van der Waals surface area contributed by atoms with Crippen molar-refractivity contribution in [3.8, 4) is 33.5 Å². The van der Waals surface area contributed by atoms with Gasteiger partial charge in [-0.1, -0.05) is 176 Å². The fourth-order valence-electron chi connectivity index (χ4n) is 7.78. The van der Waals surface area contributed by atoms with Crippen molar-refractivity contribution in [2.24, 2.45) is 0 Å². The average Bonchev–Trinajstić information content (AvgIpc) is 3.25. The lowest BCUT2D eigenvalue weighted by Crippen LogP contribution is -2.24. The minimum atomic E-state index is -3.03. The summed E-state index contributed by atoms with van der Waals surface area (Å²) in [6.07, 6.45) is 0. The van der Waals surface area contributed by atoms with E-state index in [-0.39, 0.29) is 0 Å². The number of hydrogen-bond acceptors (Lipinski definition) is 3. The number of fused-ring (bicyclic) bond motifs is 5. The molecule has 0 radical (unpaired) electrons. The zero-order valence-electron chi connectivity index (χ0n) is 29.3. The predicted octanol–water partition coefficient (Wildman–Crippen LogP) is 11.7. The number of para-hydroxylation sites is 1. The second-order valence-corrected chi connectivity index (χ2v) is 16.5. The zero-order valence-corrected chi connectivity index (χ0v) is 30.2. The number of rotatable bonds is 6. The number of nitrogens with zero attached hydrogens (tertiary/aromatic N) is 2. The SMILES string of the molecule is O=P(c1ccccc1)(c1ccccc1)c1ccc(-c2ccc3cc(-c4ccc5ccc6c(-c7ccccc7)c7ccccc7nc6c5n4)ccc3c2)cc1. The van der Waals surface area contributed by atoms with E-state index in [0.717, 1.165) is 81.8 Å². The van der Waals surface area contributed by atoms with Gasteiger partial charge in [-0.25, -0.2) is 9.97 Å². The van der Waals surface area contributed by atoms with E-state index < -0.39 is 7.14 Å². The van der Waals surface area contributed by atoms with Gasteiger partial charge in [-0.05, 0) is 51.7 Å². The molecule has 0 bridgehead atoms. The van der Waals surface area contributed by atoms with Crippen LogP contribution in [0.15, 0.2) is 200 Å². The first-order valence-corrected chi connectivity index (χ1v) is 19.9. The van der Waals surface area contributed by atoms with Gasteiger partial charge in [-0.15, -0.1) is 0 Å². The molecule has 8 aromatic carbocycles. The van der Waals surface area contributed by atoms with Crippen molar-refractivity contribution in [3.63, 3.8) is 0 Å². The Balaban J connectivity index is 1.02. The third-order valence-electron chi connectivity index (χ3n) is 10.5. The van der Waals surface area contributed by atoms with Crippen LogP contribution in [0.25, 0.3) is 77.0 Å². The molecule has 10 rings (SSSR count). The lowest BCUT2D eigenvalue weighted by atomic mass is 9.95. The van der Waals surface area contributed by atoms with E-state index >= 15 is 0 Å². The first-order chi connectivity index (χ1) is 26.6.